The Bertz CT molecular complexity index is 1120. The second kappa shape index (κ2) is 10.4. The van der Waals surface area contributed by atoms with Crippen molar-refractivity contribution in [3.05, 3.63) is 71.8 Å². The zero-order valence-corrected chi connectivity index (χ0v) is 18.3. The van der Waals surface area contributed by atoms with Crippen LogP contribution < -0.4 is 9.47 Å². The lowest BCUT2D eigenvalue weighted by Crippen LogP contribution is -2.31. The fourth-order valence-electron chi connectivity index (χ4n) is 3.08. The van der Waals surface area contributed by atoms with Crippen LogP contribution in [0.1, 0.15) is 22.8 Å². The average molecular weight is 435 g/mol. The number of benzene rings is 3. The van der Waals surface area contributed by atoms with Gasteiger partial charge in [0.2, 0.25) is 0 Å². The van der Waals surface area contributed by atoms with Gasteiger partial charge in [-0.2, -0.15) is 0 Å². The number of carbonyl (C=O) groups excluding carboxylic acids is 3. The third kappa shape index (κ3) is 6.07. The van der Waals surface area contributed by atoms with Crippen LogP contribution in [0, 0.1) is 0 Å². The van der Waals surface area contributed by atoms with Crippen molar-refractivity contribution >= 4 is 28.4 Å². The Labute approximate surface area is 186 Å². The summed E-state index contributed by atoms with van der Waals surface area (Å²) in [4.78, 5) is 37.0. The molecule has 7 heteroatoms. The van der Waals surface area contributed by atoms with Gasteiger partial charge in [0.05, 0.1) is 7.11 Å². The highest BCUT2D eigenvalue weighted by Crippen LogP contribution is 2.22. The molecule has 0 aromatic heterocycles. The number of esters is 1. The zero-order chi connectivity index (χ0) is 23.1. The quantitative estimate of drug-likeness (QED) is 0.377. The summed E-state index contributed by atoms with van der Waals surface area (Å²) >= 11 is 0. The van der Waals surface area contributed by atoms with E-state index in [-0.39, 0.29) is 24.9 Å². The molecule has 7 nitrogen and oxygen atoms in total. The number of likely N-dealkylation sites (N-methyl/N-ethyl adjacent to an activating group) is 1. The third-order valence-corrected chi connectivity index (χ3v) is 4.93. The number of nitrogens with zero attached hydrogens (tertiary/aromatic N) is 1. The van der Waals surface area contributed by atoms with Crippen molar-refractivity contribution in [2.75, 3.05) is 27.4 Å². The Morgan fingerprint density at radius 1 is 0.844 bits per heavy atom. The number of Topliss-reactive ketones (excluding diaryl/α,β-unsaturated/α-hetero) is 1. The molecule has 0 fully saturated rings. The van der Waals surface area contributed by atoms with Crippen LogP contribution in [-0.2, 0) is 20.9 Å². The third-order valence-electron chi connectivity index (χ3n) is 4.93. The van der Waals surface area contributed by atoms with Gasteiger partial charge in [-0.1, -0.05) is 18.2 Å². The fourth-order valence-corrected chi connectivity index (χ4v) is 3.08. The molecule has 0 radical (unpaired) electrons. The highest BCUT2D eigenvalue weighted by Gasteiger charge is 2.13. The summed E-state index contributed by atoms with van der Waals surface area (Å²) in [5, 5.41) is 2.09. The molecule has 166 valence electrons. The number of hydrogen-bond donors (Lipinski definition) is 0. The van der Waals surface area contributed by atoms with Crippen LogP contribution in [0.2, 0.25) is 0 Å². The van der Waals surface area contributed by atoms with E-state index in [1.807, 2.05) is 36.4 Å². The van der Waals surface area contributed by atoms with Gasteiger partial charge < -0.3 is 19.1 Å². The molecule has 0 aliphatic rings. The van der Waals surface area contributed by atoms with Crippen molar-refractivity contribution < 1.29 is 28.6 Å². The van der Waals surface area contributed by atoms with E-state index in [9.17, 15) is 14.4 Å². The van der Waals surface area contributed by atoms with Crippen molar-refractivity contribution in [2.45, 2.75) is 13.5 Å². The zero-order valence-electron chi connectivity index (χ0n) is 18.3. The highest BCUT2D eigenvalue weighted by atomic mass is 16.6. The first kappa shape index (κ1) is 22.8. The Hall–Kier alpha value is -3.87. The number of rotatable bonds is 9. The van der Waals surface area contributed by atoms with Crippen LogP contribution >= 0.6 is 0 Å². The summed E-state index contributed by atoms with van der Waals surface area (Å²) in [7, 11) is 3.28. The summed E-state index contributed by atoms with van der Waals surface area (Å²) in [6.07, 6.45) is 0. The minimum atomic E-state index is -0.651. The second-order valence-corrected chi connectivity index (χ2v) is 7.33. The molecule has 0 aliphatic heterocycles. The highest BCUT2D eigenvalue weighted by molar-refractivity contribution is 5.94. The molecule has 0 atom stereocenters. The van der Waals surface area contributed by atoms with Crippen molar-refractivity contribution in [3.8, 4) is 11.5 Å². The van der Waals surface area contributed by atoms with E-state index < -0.39 is 5.97 Å². The minimum Gasteiger partial charge on any atom is -0.497 e. The van der Waals surface area contributed by atoms with Crippen molar-refractivity contribution in [1.82, 2.24) is 4.90 Å². The van der Waals surface area contributed by atoms with Crippen molar-refractivity contribution in [1.29, 1.82) is 0 Å². The predicted molar refractivity (Wildman–Crippen MR) is 120 cm³/mol. The Morgan fingerprint density at radius 3 is 2.19 bits per heavy atom. The van der Waals surface area contributed by atoms with E-state index in [2.05, 4.69) is 0 Å². The molecule has 0 spiro atoms. The van der Waals surface area contributed by atoms with Crippen LogP contribution in [0.5, 0.6) is 11.5 Å². The number of carbonyl (C=O) groups is 3. The lowest BCUT2D eigenvalue weighted by atomic mass is 10.1. The van der Waals surface area contributed by atoms with Gasteiger partial charge in [-0.05, 0) is 65.7 Å². The summed E-state index contributed by atoms with van der Waals surface area (Å²) in [6.45, 7) is 1.16. The maximum absolute atomic E-state index is 12.3. The van der Waals surface area contributed by atoms with Crippen LogP contribution in [0.15, 0.2) is 60.7 Å². The van der Waals surface area contributed by atoms with Gasteiger partial charge in [-0.3, -0.25) is 9.59 Å². The lowest BCUT2D eigenvalue weighted by Gasteiger charge is -2.17. The van der Waals surface area contributed by atoms with Crippen LogP contribution in [0.25, 0.3) is 10.8 Å². The maximum Gasteiger partial charge on any atom is 0.344 e. The molecule has 0 saturated carbocycles. The standard InChI is InChI=1S/C25H25NO6/c1-17(27)19-6-9-22(10-7-19)31-16-25(29)32-15-24(28)26(2)14-18-4-5-21-13-23(30-3)11-8-20(21)12-18/h4-13H,14-16H2,1-3H3. The molecule has 3 rings (SSSR count). The molecule has 0 unspecified atom stereocenters. The molecule has 0 aliphatic carbocycles. The molecular formula is C25H25NO6. The number of methoxy groups -OCH3 is 1. The van der Waals surface area contributed by atoms with Crippen molar-refractivity contribution in [3.63, 3.8) is 0 Å². The average Bonchev–Trinajstić information content (AvgIpc) is 2.80. The van der Waals surface area contributed by atoms with Crippen LogP contribution in [-0.4, -0.2) is 49.9 Å². The van der Waals surface area contributed by atoms with E-state index in [4.69, 9.17) is 14.2 Å². The first-order chi connectivity index (χ1) is 15.4. The number of amides is 1. The lowest BCUT2D eigenvalue weighted by molar-refractivity contribution is -0.153. The minimum absolute atomic E-state index is 0.0532. The van der Waals surface area contributed by atoms with Gasteiger partial charge in [0.25, 0.3) is 5.91 Å². The molecule has 3 aromatic carbocycles. The molecule has 0 bridgehead atoms. The van der Waals surface area contributed by atoms with Crippen molar-refractivity contribution in [2.24, 2.45) is 0 Å². The number of hydrogen-bond acceptors (Lipinski definition) is 6. The summed E-state index contributed by atoms with van der Waals surface area (Å²) in [6, 6.07) is 18.2. The summed E-state index contributed by atoms with van der Waals surface area (Å²) in [5.41, 5.74) is 1.52. The second-order valence-electron chi connectivity index (χ2n) is 7.33. The SMILES string of the molecule is COc1ccc2cc(CN(C)C(=O)COC(=O)COc3ccc(C(C)=O)cc3)ccc2c1. The largest absolute Gasteiger partial charge is 0.497 e. The maximum atomic E-state index is 12.3. The van der Waals surface area contributed by atoms with E-state index in [1.165, 1.54) is 11.8 Å². The Balaban J connectivity index is 1.46. The molecule has 3 aromatic rings. The van der Waals surface area contributed by atoms with Gasteiger partial charge in [-0.15, -0.1) is 0 Å². The van der Waals surface area contributed by atoms with E-state index in [0.717, 1.165) is 22.1 Å². The monoisotopic (exact) mass is 435 g/mol. The first-order valence-electron chi connectivity index (χ1n) is 10.1. The van der Waals surface area contributed by atoms with Crippen LogP contribution in [0.3, 0.4) is 0 Å². The molecular weight excluding hydrogens is 410 g/mol. The molecule has 32 heavy (non-hydrogen) atoms. The molecule has 0 N–H and O–H groups in total. The normalized spacial score (nSPS) is 10.5. The Morgan fingerprint density at radius 2 is 1.50 bits per heavy atom. The first-order valence-corrected chi connectivity index (χ1v) is 10.1. The van der Waals surface area contributed by atoms with Gasteiger partial charge in [0, 0.05) is 19.2 Å². The van der Waals surface area contributed by atoms with Crippen LogP contribution in [0.4, 0.5) is 0 Å². The topological polar surface area (TPSA) is 82.1 Å². The fraction of sp³-hybridized carbons (Fsp3) is 0.240. The molecule has 0 saturated heterocycles. The van der Waals surface area contributed by atoms with E-state index in [1.54, 1.807) is 38.4 Å². The summed E-state index contributed by atoms with van der Waals surface area (Å²) < 4.78 is 15.6. The summed E-state index contributed by atoms with van der Waals surface area (Å²) in [5.74, 6) is 0.198. The number of ketones is 1. The van der Waals surface area contributed by atoms with Gasteiger partial charge in [-0.25, -0.2) is 4.79 Å². The van der Waals surface area contributed by atoms with Gasteiger partial charge in [0.1, 0.15) is 11.5 Å². The molecule has 0 heterocycles. The van der Waals surface area contributed by atoms with E-state index >= 15 is 0 Å². The predicted octanol–water partition coefficient (Wildman–Crippen LogP) is 3.63. The number of fused-ring (bicyclic) bond motifs is 1. The molecule has 1 amide bonds. The van der Waals surface area contributed by atoms with E-state index in [0.29, 0.717) is 17.9 Å². The smallest absolute Gasteiger partial charge is 0.344 e. The van der Waals surface area contributed by atoms with Gasteiger partial charge in [0.15, 0.2) is 19.0 Å². The Kier molecular flexibility index (Phi) is 7.44. The number of ether oxygens (including phenoxy) is 3. The van der Waals surface area contributed by atoms with Gasteiger partial charge >= 0.3 is 5.97 Å².